The molecule has 1 fully saturated rings. The zero-order chi connectivity index (χ0) is 20.8. The average Bonchev–Trinajstić information content (AvgIpc) is 2.71. The fourth-order valence-electron chi connectivity index (χ4n) is 2.85. The molecule has 0 spiro atoms. The number of nitrogens with one attached hydrogen (secondary N) is 1. The molecule has 7 heteroatoms. The van der Waals surface area contributed by atoms with E-state index in [-0.39, 0.29) is 5.57 Å². The first-order valence-corrected chi connectivity index (χ1v) is 9.41. The number of urea groups is 1. The van der Waals surface area contributed by atoms with Gasteiger partial charge in [-0.25, -0.2) is 9.69 Å². The molecule has 0 aromatic heterocycles. The van der Waals surface area contributed by atoms with Crippen LogP contribution in [0.5, 0.6) is 11.5 Å². The van der Waals surface area contributed by atoms with Gasteiger partial charge >= 0.3 is 6.03 Å². The minimum absolute atomic E-state index is 0.147. The van der Waals surface area contributed by atoms with Gasteiger partial charge in [-0.3, -0.25) is 14.9 Å². The Balaban J connectivity index is 1.94. The first-order chi connectivity index (χ1) is 14.0. The summed E-state index contributed by atoms with van der Waals surface area (Å²) in [5.41, 5.74) is 0.774. The number of ether oxygens (including phenoxy) is 2. The number of hydrogen-bond acceptors (Lipinski definition) is 5. The maximum absolute atomic E-state index is 13.0. The molecule has 2 aromatic rings. The first-order valence-electron chi connectivity index (χ1n) is 9.41. The summed E-state index contributed by atoms with van der Waals surface area (Å²) in [7, 11) is 0. The van der Waals surface area contributed by atoms with Crippen LogP contribution >= 0.6 is 0 Å². The number of para-hydroxylation sites is 1. The number of carbonyl (C=O) groups excluding carboxylic acids is 3. The van der Waals surface area contributed by atoms with E-state index in [0.717, 1.165) is 11.3 Å². The lowest BCUT2D eigenvalue weighted by Gasteiger charge is -2.26. The largest absolute Gasteiger partial charge is 0.494 e. The average molecular weight is 394 g/mol. The van der Waals surface area contributed by atoms with Crippen LogP contribution in [0, 0.1) is 0 Å². The second-order valence-corrected chi connectivity index (χ2v) is 6.27. The van der Waals surface area contributed by atoms with Crippen LogP contribution in [-0.4, -0.2) is 31.1 Å². The van der Waals surface area contributed by atoms with Gasteiger partial charge in [0, 0.05) is 5.56 Å². The van der Waals surface area contributed by atoms with Gasteiger partial charge in [-0.15, -0.1) is 0 Å². The molecule has 0 atom stereocenters. The third-order valence-electron chi connectivity index (χ3n) is 4.19. The molecule has 2 aromatic carbocycles. The number of nitrogens with zero attached hydrogens (tertiary/aromatic N) is 1. The molecule has 1 aliphatic rings. The molecule has 0 radical (unpaired) electrons. The smallest absolute Gasteiger partial charge is 0.335 e. The Morgan fingerprint density at radius 1 is 0.966 bits per heavy atom. The van der Waals surface area contributed by atoms with E-state index in [1.54, 1.807) is 42.5 Å². The number of rotatable bonds is 7. The van der Waals surface area contributed by atoms with Gasteiger partial charge in [0.25, 0.3) is 11.8 Å². The van der Waals surface area contributed by atoms with Crippen molar-refractivity contribution in [3.63, 3.8) is 0 Å². The summed E-state index contributed by atoms with van der Waals surface area (Å²) >= 11 is 0. The molecule has 0 bridgehead atoms. The topological polar surface area (TPSA) is 84.9 Å². The fraction of sp³-hybridized carbons (Fsp3) is 0.227. The number of hydrogen-bond donors (Lipinski definition) is 1. The van der Waals surface area contributed by atoms with E-state index in [1.807, 2.05) is 19.9 Å². The second kappa shape index (κ2) is 9.05. The maximum Gasteiger partial charge on any atom is 0.335 e. The van der Waals surface area contributed by atoms with Gasteiger partial charge in [0.2, 0.25) is 0 Å². The van der Waals surface area contributed by atoms with Gasteiger partial charge in [-0.2, -0.15) is 0 Å². The highest BCUT2D eigenvalue weighted by Gasteiger charge is 2.37. The Morgan fingerprint density at radius 2 is 1.69 bits per heavy atom. The molecule has 1 aliphatic heterocycles. The van der Waals surface area contributed by atoms with Gasteiger partial charge < -0.3 is 9.47 Å². The van der Waals surface area contributed by atoms with Crippen molar-refractivity contribution in [2.75, 3.05) is 18.1 Å². The molecule has 7 nitrogen and oxygen atoms in total. The normalized spacial score (nSPS) is 15.4. The van der Waals surface area contributed by atoms with Crippen molar-refractivity contribution >= 4 is 29.6 Å². The third-order valence-corrected chi connectivity index (χ3v) is 4.19. The van der Waals surface area contributed by atoms with Crippen molar-refractivity contribution in [2.24, 2.45) is 0 Å². The van der Waals surface area contributed by atoms with E-state index in [1.165, 1.54) is 6.08 Å². The highest BCUT2D eigenvalue weighted by molar-refractivity contribution is 6.39. The van der Waals surface area contributed by atoms with Crippen molar-refractivity contribution in [3.05, 3.63) is 59.7 Å². The molecule has 4 amide bonds. The van der Waals surface area contributed by atoms with Crippen molar-refractivity contribution in [1.82, 2.24) is 5.32 Å². The Labute approximate surface area is 168 Å². The molecule has 0 saturated carbocycles. The molecule has 0 aliphatic carbocycles. The van der Waals surface area contributed by atoms with E-state index in [4.69, 9.17) is 9.47 Å². The fourth-order valence-corrected chi connectivity index (χ4v) is 2.85. The van der Waals surface area contributed by atoms with Gasteiger partial charge in [-0.1, -0.05) is 25.1 Å². The quantitative estimate of drug-likeness (QED) is 0.574. The molecular weight excluding hydrogens is 372 g/mol. The minimum Gasteiger partial charge on any atom is -0.494 e. The lowest BCUT2D eigenvalue weighted by Crippen LogP contribution is -2.54. The molecule has 1 N–H and O–H groups in total. The monoisotopic (exact) mass is 394 g/mol. The molecule has 29 heavy (non-hydrogen) atoms. The Morgan fingerprint density at radius 3 is 2.38 bits per heavy atom. The predicted octanol–water partition coefficient (Wildman–Crippen LogP) is 3.54. The third kappa shape index (κ3) is 4.45. The molecule has 150 valence electrons. The lowest BCUT2D eigenvalue weighted by molar-refractivity contribution is -0.122. The summed E-state index contributed by atoms with van der Waals surface area (Å²) in [6.07, 6.45) is 2.26. The Hall–Kier alpha value is -3.61. The second-order valence-electron chi connectivity index (χ2n) is 6.27. The molecule has 0 unspecified atom stereocenters. The number of benzene rings is 2. The molecular formula is C22H22N2O5. The summed E-state index contributed by atoms with van der Waals surface area (Å²) in [5.74, 6) is -0.261. The van der Waals surface area contributed by atoms with Crippen LogP contribution in [0.1, 0.15) is 25.8 Å². The van der Waals surface area contributed by atoms with Gasteiger partial charge in [-0.05, 0) is 49.8 Å². The summed E-state index contributed by atoms with van der Waals surface area (Å²) in [4.78, 5) is 38.6. The number of imide groups is 2. The molecule has 1 heterocycles. The highest BCUT2D eigenvalue weighted by atomic mass is 16.5. The van der Waals surface area contributed by atoms with Crippen molar-refractivity contribution in [3.8, 4) is 11.5 Å². The summed E-state index contributed by atoms with van der Waals surface area (Å²) in [6, 6.07) is 12.8. The van der Waals surface area contributed by atoms with Crippen molar-refractivity contribution < 1.29 is 23.9 Å². The summed E-state index contributed by atoms with van der Waals surface area (Å²) < 4.78 is 11.1. The minimum atomic E-state index is -0.795. The van der Waals surface area contributed by atoms with E-state index in [9.17, 15) is 14.4 Å². The highest BCUT2D eigenvalue weighted by Crippen LogP contribution is 2.26. The predicted molar refractivity (Wildman–Crippen MR) is 109 cm³/mol. The van der Waals surface area contributed by atoms with Crippen LogP contribution in [0.4, 0.5) is 10.5 Å². The van der Waals surface area contributed by atoms with E-state index < -0.39 is 17.8 Å². The number of carbonyl (C=O) groups is 3. The van der Waals surface area contributed by atoms with Gasteiger partial charge in [0.05, 0.1) is 18.9 Å². The Bertz CT molecular complexity index is 950. The van der Waals surface area contributed by atoms with Crippen LogP contribution in [0.15, 0.2) is 54.1 Å². The van der Waals surface area contributed by atoms with Crippen LogP contribution in [0.3, 0.4) is 0 Å². The van der Waals surface area contributed by atoms with Crippen LogP contribution in [0.2, 0.25) is 0 Å². The Kier molecular flexibility index (Phi) is 6.29. The summed E-state index contributed by atoms with van der Waals surface area (Å²) in [5, 5.41) is 2.22. The van der Waals surface area contributed by atoms with E-state index in [0.29, 0.717) is 36.0 Å². The number of anilines is 1. The van der Waals surface area contributed by atoms with Crippen LogP contribution in [0.25, 0.3) is 6.08 Å². The number of barbiturate groups is 1. The number of amides is 4. The standard InChI is InChI=1S/C22H22N2O5/c1-3-13-29-19-8-6-5-7-15(19)14-18-20(25)23-22(27)24(21(18)26)16-9-11-17(12-10-16)28-4-2/h5-12,14H,3-4,13H2,1-2H3,(H,23,25,27)/b18-14+. The van der Waals surface area contributed by atoms with E-state index in [2.05, 4.69) is 5.32 Å². The SMILES string of the molecule is CCCOc1ccccc1/C=C1\C(=O)NC(=O)N(c2ccc(OCC)cc2)C1=O. The zero-order valence-corrected chi connectivity index (χ0v) is 16.3. The zero-order valence-electron chi connectivity index (χ0n) is 16.3. The van der Waals surface area contributed by atoms with Crippen LogP contribution < -0.4 is 19.7 Å². The van der Waals surface area contributed by atoms with Crippen molar-refractivity contribution in [1.29, 1.82) is 0 Å². The lowest BCUT2D eigenvalue weighted by atomic mass is 10.1. The van der Waals surface area contributed by atoms with Gasteiger partial charge in [0.15, 0.2) is 0 Å². The van der Waals surface area contributed by atoms with E-state index >= 15 is 0 Å². The molecule has 1 saturated heterocycles. The van der Waals surface area contributed by atoms with Crippen molar-refractivity contribution in [2.45, 2.75) is 20.3 Å². The maximum atomic E-state index is 13.0. The first kappa shape index (κ1) is 20.1. The van der Waals surface area contributed by atoms with Gasteiger partial charge in [0.1, 0.15) is 17.1 Å². The van der Waals surface area contributed by atoms with Crippen LogP contribution in [-0.2, 0) is 9.59 Å². The molecule has 3 rings (SSSR count). The summed E-state index contributed by atoms with van der Waals surface area (Å²) in [6.45, 7) is 4.86.